The molecule has 2 aliphatic heterocycles. The van der Waals surface area contributed by atoms with Crippen LogP contribution in [0.4, 0.5) is 5.69 Å². The van der Waals surface area contributed by atoms with E-state index < -0.39 is 12.1 Å². The van der Waals surface area contributed by atoms with Gasteiger partial charge in [-0.1, -0.05) is 35.0 Å². The first-order chi connectivity index (χ1) is 12.6. The highest BCUT2D eigenvalue weighted by atomic mass is 35.5. The van der Waals surface area contributed by atoms with E-state index in [4.69, 9.17) is 16.3 Å². The Labute approximate surface area is 154 Å². The van der Waals surface area contributed by atoms with Crippen LogP contribution in [0.3, 0.4) is 0 Å². The van der Waals surface area contributed by atoms with E-state index in [2.05, 4.69) is 10.3 Å². The van der Waals surface area contributed by atoms with Crippen molar-refractivity contribution in [1.29, 1.82) is 0 Å². The maximum Gasteiger partial charge on any atom is 0.263 e. The number of ether oxygens (including phenoxy) is 1. The van der Waals surface area contributed by atoms with E-state index in [1.165, 1.54) is 0 Å². The van der Waals surface area contributed by atoms with Crippen LogP contribution < -0.4 is 9.64 Å². The summed E-state index contributed by atoms with van der Waals surface area (Å²) in [5.41, 5.74) is 1.38. The van der Waals surface area contributed by atoms with Crippen molar-refractivity contribution in [2.75, 3.05) is 12.0 Å². The summed E-state index contributed by atoms with van der Waals surface area (Å²) >= 11 is 5.99. The molecule has 0 saturated carbocycles. The number of rotatable bonds is 4. The lowest BCUT2D eigenvalue weighted by atomic mass is 10.1. The summed E-state index contributed by atoms with van der Waals surface area (Å²) in [6.07, 6.45) is 0. The Bertz CT molecular complexity index is 900. The molecular weight excluding hydrogens is 356 g/mol. The normalized spacial score (nSPS) is 21.5. The monoisotopic (exact) mass is 370 g/mol. The van der Waals surface area contributed by atoms with E-state index in [0.29, 0.717) is 17.3 Å². The fraction of sp³-hybridized carbons (Fsp3) is 0.222. The van der Waals surface area contributed by atoms with Gasteiger partial charge >= 0.3 is 0 Å². The zero-order chi connectivity index (χ0) is 18.3. The molecule has 0 aliphatic carbocycles. The third-order valence-corrected chi connectivity index (χ3v) is 4.66. The predicted octanol–water partition coefficient (Wildman–Crippen LogP) is 2.84. The predicted molar refractivity (Wildman–Crippen MR) is 94.9 cm³/mol. The van der Waals surface area contributed by atoms with Crippen molar-refractivity contribution in [1.82, 2.24) is 5.01 Å². The lowest BCUT2D eigenvalue weighted by Gasteiger charge is -2.20. The highest BCUT2D eigenvalue weighted by molar-refractivity contribution is 6.31. The van der Waals surface area contributed by atoms with Gasteiger partial charge in [-0.25, -0.2) is 4.90 Å². The van der Waals surface area contributed by atoms with Gasteiger partial charge in [0, 0.05) is 5.02 Å². The molecule has 2 amide bonds. The molecule has 2 atom stereocenters. The summed E-state index contributed by atoms with van der Waals surface area (Å²) in [6, 6.07) is 12.5. The largest absolute Gasteiger partial charge is 0.497 e. The van der Waals surface area contributed by atoms with Crippen molar-refractivity contribution in [3.8, 4) is 5.75 Å². The summed E-state index contributed by atoms with van der Waals surface area (Å²) in [7, 11) is 1.60. The van der Waals surface area contributed by atoms with Gasteiger partial charge in [0.1, 0.15) is 5.75 Å². The number of hydrogen-bond donors (Lipinski definition) is 0. The summed E-state index contributed by atoms with van der Waals surface area (Å²) < 4.78 is 5.14. The topological polar surface area (TPSA) is 74.6 Å². The Morgan fingerprint density at radius 2 is 1.88 bits per heavy atom. The number of imide groups is 1. The van der Waals surface area contributed by atoms with Gasteiger partial charge in [-0.2, -0.15) is 5.11 Å². The number of anilines is 1. The third kappa shape index (κ3) is 2.70. The average molecular weight is 371 g/mol. The van der Waals surface area contributed by atoms with Crippen molar-refractivity contribution >= 4 is 29.1 Å². The smallest absolute Gasteiger partial charge is 0.263 e. The number of fused-ring (bicyclic) bond motifs is 1. The summed E-state index contributed by atoms with van der Waals surface area (Å²) in [5.74, 6) is 0.0120. The lowest BCUT2D eigenvalue weighted by Crippen LogP contribution is -2.39. The van der Waals surface area contributed by atoms with Crippen LogP contribution in [0.25, 0.3) is 0 Å². The molecule has 2 heterocycles. The Morgan fingerprint density at radius 3 is 2.58 bits per heavy atom. The number of carbonyl (C=O) groups is 2. The van der Waals surface area contributed by atoms with Gasteiger partial charge in [0.2, 0.25) is 0 Å². The summed E-state index contributed by atoms with van der Waals surface area (Å²) in [5, 5.41) is 10.1. The average Bonchev–Trinajstić information content (AvgIpc) is 3.16. The molecule has 26 heavy (non-hydrogen) atoms. The van der Waals surface area contributed by atoms with E-state index >= 15 is 0 Å². The fourth-order valence-corrected chi connectivity index (χ4v) is 3.33. The Balaban J connectivity index is 1.57. The van der Waals surface area contributed by atoms with Gasteiger partial charge < -0.3 is 4.74 Å². The minimum absolute atomic E-state index is 0.347. The van der Waals surface area contributed by atoms with Crippen molar-refractivity contribution in [3.05, 3.63) is 59.1 Å². The Kier molecular flexibility index (Phi) is 4.08. The van der Waals surface area contributed by atoms with Gasteiger partial charge in [-0.15, -0.1) is 0 Å². The third-order valence-electron chi connectivity index (χ3n) is 4.43. The molecule has 4 rings (SSSR count). The number of methoxy groups -OCH3 is 1. The van der Waals surface area contributed by atoms with E-state index in [1.54, 1.807) is 36.4 Å². The second kappa shape index (κ2) is 6.42. The molecule has 2 aromatic carbocycles. The molecule has 0 spiro atoms. The van der Waals surface area contributed by atoms with E-state index in [-0.39, 0.29) is 11.8 Å². The number of hydrogen-bond acceptors (Lipinski definition) is 6. The van der Waals surface area contributed by atoms with E-state index in [1.807, 2.05) is 24.3 Å². The van der Waals surface area contributed by atoms with Gasteiger partial charge in [0.25, 0.3) is 11.8 Å². The minimum Gasteiger partial charge on any atom is -0.497 e. The number of nitrogens with zero attached hydrogens (tertiary/aromatic N) is 4. The SMILES string of the molecule is COc1ccc(CN2N=N[C@H]3C(=O)N(c4cccc(Cl)c4)C(=O)[C@H]32)cc1. The van der Waals surface area contributed by atoms with Gasteiger partial charge in [-0.3, -0.25) is 14.6 Å². The van der Waals surface area contributed by atoms with Gasteiger partial charge in [0.05, 0.1) is 19.3 Å². The Morgan fingerprint density at radius 1 is 1.12 bits per heavy atom. The van der Waals surface area contributed by atoms with E-state index in [9.17, 15) is 9.59 Å². The maximum atomic E-state index is 12.9. The quantitative estimate of drug-likeness (QED) is 0.775. The first kappa shape index (κ1) is 16.5. The Hall–Kier alpha value is -2.93. The van der Waals surface area contributed by atoms with Crippen molar-refractivity contribution in [3.63, 3.8) is 0 Å². The van der Waals surface area contributed by atoms with Crippen molar-refractivity contribution in [2.45, 2.75) is 18.6 Å². The highest BCUT2D eigenvalue weighted by Gasteiger charge is 2.54. The second-order valence-electron chi connectivity index (χ2n) is 6.03. The standard InChI is InChI=1S/C18H15ClN4O3/c1-26-14-7-5-11(6-8-14)10-22-16-15(20-21-22)17(24)23(18(16)25)13-4-2-3-12(19)9-13/h2-9,15-16H,10H2,1H3/t15-,16+/m1/s1. The van der Waals surface area contributed by atoms with Crippen LogP contribution in [0, 0.1) is 0 Å². The van der Waals surface area contributed by atoms with Crippen LogP contribution in [-0.2, 0) is 16.1 Å². The fourth-order valence-electron chi connectivity index (χ4n) is 3.14. The molecule has 2 aliphatic rings. The molecule has 0 unspecified atom stereocenters. The number of carbonyl (C=O) groups excluding carboxylic acids is 2. The lowest BCUT2D eigenvalue weighted by molar-refractivity contribution is -0.123. The van der Waals surface area contributed by atoms with Crippen LogP contribution >= 0.6 is 11.6 Å². The second-order valence-corrected chi connectivity index (χ2v) is 6.47. The molecule has 0 bridgehead atoms. The molecule has 8 heteroatoms. The van der Waals surface area contributed by atoms with Crippen LogP contribution in [0.15, 0.2) is 58.9 Å². The minimum atomic E-state index is -0.820. The molecule has 0 aromatic heterocycles. The molecular formula is C18H15ClN4O3. The molecule has 1 fully saturated rings. The van der Waals surface area contributed by atoms with E-state index in [0.717, 1.165) is 16.2 Å². The van der Waals surface area contributed by atoms with Gasteiger partial charge in [-0.05, 0) is 35.9 Å². The van der Waals surface area contributed by atoms with Crippen molar-refractivity contribution < 1.29 is 14.3 Å². The highest BCUT2D eigenvalue weighted by Crippen LogP contribution is 2.33. The number of amides is 2. The zero-order valence-electron chi connectivity index (χ0n) is 13.9. The zero-order valence-corrected chi connectivity index (χ0v) is 14.6. The molecule has 1 saturated heterocycles. The van der Waals surface area contributed by atoms with Crippen LogP contribution in [0.5, 0.6) is 5.75 Å². The summed E-state index contributed by atoms with van der Waals surface area (Å²) in [4.78, 5) is 26.7. The van der Waals surface area contributed by atoms with Crippen LogP contribution in [0.2, 0.25) is 5.02 Å². The van der Waals surface area contributed by atoms with Gasteiger partial charge in [0.15, 0.2) is 12.1 Å². The number of halogens is 1. The van der Waals surface area contributed by atoms with Crippen LogP contribution in [-0.4, -0.2) is 36.0 Å². The first-order valence-corrected chi connectivity index (χ1v) is 8.40. The first-order valence-electron chi connectivity index (χ1n) is 8.02. The molecule has 0 radical (unpaired) electrons. The number of benzene rings is 2. The molecule has 2 aromatic rings. The molecule has 132 valence electrons. The molecule has 7 nitrogen and oxygen atoms in total. The summed E-state index contributed by atoms with van der Waals surface area (Å²) in [6.45, 7) is 0.372. The van der Waals surface area contributed by atoms with Crippen LogP contribution in [0.1, 0.15) is 5.56 Å². The van der Waals surface area contributed by atoms with Crippen molar-refractivity contribution in [2.24, 2.45) is 10.3 Å². The maximum absolute atomic E-state index is 12.9. The molecule has 0 N–H and O–H groups in total.